The van der Waals surface area contributed by atoms with Crippen molar-refractivity contribution in [3.63, 3.8) is 0 Å². The molecule has 1 saturated carbocycles. The van der Waals surface area contributed by atoms with Gasteiger partial charge in [0.15, 0.2) is 6.10 Å². The SMILES string of the molecule is CC/C=C\C/C=C\C/C=C\C/C=C\CCCCCCC(=O)O[C@H](COC(=O)CC/C=C\C/C=C\C[C@H](O)/C=C/C=C\C=C\[C@H](O)C/C=C\CC)COP(=O)(O)OC1[C@H](O)[C@H](O)C(O)[C@H](O)[C@H]1O. The summed E-state index contributed by atoms with van der Waals surface area (Å²) in [4.78, 5) is 35.7. The molecule has 1 aliphatic rings. The molecule has 0 saturated heterocycles. The first-order chi connectivity index (χ1) is 32.2. The summed E-state index contributed by atoms with van der Waals surface area (Å²) in [6, 6.07) is 0. The zero-order chi connectivity index (χ0) is 49.5. The summed E-state index contributed by atoms with van der Waals surface area (Å²) in [7, 11) is -5.18. The van der Waals surface area contributed by atoms with E-state index in [4.69, 9.17) is 18.5 Å². The molecule has 0 aromatic heterocycles. The van der Waals surface area contributed by atoms with Crippen molar-refractivity contribution in [3.05, 3.63) is 122 Å². The summed E-state index contributed by atoms with van der Waals surface area (Å²) < 4.78 is 33.4. The molecule has 0 aliphatic heterocycles. The van der Waals surface area contributed by atoms with E-state index in [2.05, 4.69) is 55.5 Å². The van der Waals surface area contributed by atoms with Gasteiger partial charge in [0.05, 0.1) is 18.8 Å². The Labute approximate surface area is 398 Å². The van der Waals surface area contributed by atoms with E-state index >= 15 is 0 Å². The van der Waals surface area contributed by atoms with Crippen LogP contribution in [0.5, 0.6) is 0 Å². The Morgan fingerprint density at radius 2 is 1.00 bits per heavy atom. The first-order valence-corrected chi connectivity index (χ1v) is 25.1. The number of aliphatic hydroxyl groups is 7. The molecule has 0 heterocycles. The van der Waals surface area contributed by atoms with Gasteiger partial charge in [0.1, 0.15) is 43.2 Å². The molecule has 16 heteroatoms. The van der Waals surface area contributed by atoms with Crippen molar-refractivity contribution in [3.8, 4) is 0 Å². The van der Waals surface area contributed by atoms with E-state index in [1.165, 1.54) is 0 Å². The molecule has 1 rings (SSSR count). The lowest BCUT2D eigenvalue weighted by molar-refractivity contribution is -0.220. The van der Waals surface area contributed by atoms with E-state index in [-0.39, 0.29) is 12.8 Å². The normalized spacial score (nSPS) is 23.2. The summed E-state index contributed by atoms with van der Waals surface area (Å²) >= 11 is 0. The van der Waals surface area contributed by atoms with Crippen LogP contribution in [-0.2, 0) is 32.7 Å². The van der Waals surface area contributed by atoms with E-state index in [0.29, 0.717) is 32.1 Å². The molecule has 0 aromatic rings. The smallest absolute Gasteiger partial charge is 0.462 e. The minimum absolute atomic E-state index is 0.0224. The van der Waals surface area contributed by atoms with Crippen LogP contribution in [0.25, 0.3) is 0 Å². The van der Waals surface area contributed by atoms with Gasteiger partial charge >= 0.3 is 19.8 Å². The van der Waals surface area contributed by atoms with Crippen LogP contribution in [-0.4, -0.2) is 121 Å². The van der Waals surface area contributed by atoms with E-state index in [1.807, 2.05) is 37.3 Å². The van der Waals surface area contributed by atoms with Crippen LogP contribution in [0.2, 0.25) is 0 Å². The third kappa shape index (κ3) is 31.8. The van der Waals surface area contributed by atoms with Crippen molar-refractivity contribution < 1.29 is 73.3 Å². The molecular weight excluding hydrogens is 884 g/mol. The van der Waals surface area contributed by atoms with Crippen molar-refractivity contribution in [1.82, 2.24) is 0 Å². The van der Waals surface area contributed by atoms with Crippen molar-refractivity contribution in [2.75, 3.05) is 13.2 Å². The number of hydrogen-bond acceptors (Lipinski definition) is 14. The number of phosphoric acid groups is 1. The number of carbonyl (C=O) groups excluding carboxylic acids is 2. The van der Waals surface area contributed by atoms with Crippen molar-refractivity contribution >= 4 is 19.8 Å². The van der Waals surface area contributed by atoms with Crippen LogP contribution in [0.1, 0.15) is 117 Å². The number of hydrogen-bond donors (Lipinski definition) is 8. The van der Waals surface area contributed by atoms with Crippen LogP contribution >= 0.6 is 7.82 Å². The maximum atomic E-state index is 12.8. The fourth-order valence-electron chi connectivity index (χ4n) is 6.18. The number of carbonyl (C=O) groups is 2. The van der Waals surface area contributed by atoms with E-state index in [9.17, 15) is 54.8 Å². The summed E-state index contributed by atoms with van der Waals surface area (Å²) in [5, 5.41) is 70.2. The van der Waals surface area contributed by atoms with Crippen LogP contribution in [0, 0.1) is 0 Å². The molecule has 8 N–H and O–H groups in total. The first kappa shape index (κ1) is 61.2. The highest BCUT2D eigenvalue weighted by Crippen LogP contribution is 2.47. The minimum atomic E-state index is -5.18. The molecule has 0 bridgehead atoms. The lowest BCUT2D eigenvalue weighted by Gasteiger charge is -2.41. The standard InChI is InChI=1S/C51H79O15P/c1-3-5-7-8-9-10-11-12-13-14-15-16-17-18-19-24-32-38-45(55)65-43(40-64-67(61,62)66-51-49(59)47(57)46(56)48(58)50(51)60)39-63-44(54)37-31-23-21-20-22-28-34-42(53)36-30-26-25-29-35-41(52)33-27-6-4-2/h5-7,9-10,12-13,15-16,21-23,25-30,35-36,41-43,46-53,56-60H,3-4,8,11,14,17-20,24,31-34,37-40H2,1-2H3,(H,61,62)/b7-5-,10-9-,13-12-,16-15-,23-21-,26-25-,27-6-,28-22-,35-29+,36-30+/t41-,42+,43-,46?,47-,48+,49-,50-,51?/m1/s1. The van der Waals surface area contributed by atoms with Crippen molar-refractivity contribution in [2.24, 2.45) is 0 Å². The zero-order valence-corrected chi connectivity index (χ0v) is 40.2. The van der Waals surface area contributed by atoms with Crippen molar-refractivity contribution in [1.29, 1.82) is 0 Å². The van der Waals surface area contributed by atoms with E-state index in [0.717, 1.165) is 57.8 Å². The van der Waals surface area contributed by atoms with Gasteiger partial charge in [-0.2, -0.15) is 0 Å². The van der Waals surface area contributed by atoms with Gasteiger partial charge < -0.3 is 50.1 Å². The molecular formula is C51H79O15P. The van der Waals surface area contributed by atoms with Gasteiger partial charge in [-0.1, -0.05) is 148 Å². The largest absolute Gasteiger partial charge is 0.472 e. The number of allylic oxidation sites excluding steroid dienone is 16. The second kappa shape index (κ2) is 39.1. The zero-order valence-electron chi connectivity index (χ0n) is 39.4. The first-order valence-electron chi connectivity index (χ1n) is 23.6. The molecule has 378 valence electrons. The highest BCUT2D eigenvalue weighted by atomic mass is 31.2. The summed E-state index contributed by atoms with van der Waals surface area (Å²) in [6.45, 7) is 2.81. The van der Waals surface area contributed by atoms with Gasteiger partial charge in [-0.25, -0.2) is 4.57 Å². The molecule has 0 amide bonds. The average molecular weight is 963 g/mol. The van der Waals surface area contributed by atoms with Gasteiger partial charge in [0, 0.05) is 12.8 Å². The molecule has 15 nitrogen and oxygen atoms in total. The number of esters is 2. The number of aliphatic hydroxyl groups excluding tert-OH is 7. The average Bonchev–Trinajstić information content (AvgIpc) is 3.30. The Morgan fingerprint density at radius 3 is 1.57 bits per heavy atom. The Balaban J connectivity index is 2.58. The lowest BCUT2D eigenvalue weighted by atomic mass is 9.85. The number of phosphoric ester groups is 1. The topological polar surface area (TPSA) is 250 Å². The molecule has 67 heavy (non-hydrogen) atoms. The van der Waals surface area contributed by atoms with Crippen molar-refractivity contribution in [2.45, 2.75) is 172 Å². The Bertz CT molecular complexity index is 1660. The maximum absolute atomic E-state index is 12.8. The Hall–Kier alpha value is -3.83. The highest BCUT2D eigenvalue weighted by molar-refractivity contribution is 7.47. The van der Waals surface area contributed by atoms with Crippen LogP contribution in [0.15, 0.2) is 122 Å². The predicted molar refractivity (Wildman–Crippen MR) is 260 cm³/mol. The summed E-state index contributed by atoms with van der Waals surface area (Å²) in [6.07, 6.45) is 34.5. The summed E-state index contributed by atoms with van der Waals surface area (Å²) in [5.74, 6) is -1.31. The van der Waals surface area contributed by atoms with E-state index in [1.54, 1.807) is 42.5 Å². The molecule has 0 aromatic carbocycles. The molecule has 0 spiro atoms. The molecule has 0 radical (unpaired) electrons. The van der Waals surface area contributed by atoms with Gasteiger partial charge in [-0.3, -0.25) is 18.6 Å². The van der Waals surface area contributed by atoms with Gasteiger partial charge in [-0.05, 0) is 77.0 Å². The minimum Gasteiger partial charge on any atom is -0.462 e. The van der Waals surface area contributed by atoms with Crippen LogP contribution < -0.4 is 0 Å². The Morgan fingerprint density at radius 1 is 0.537 bits per heavy atom. The number of unbranched alkanes of at least 4 members (excludes halogenated alkanes) is 4. The number of ether oxygens (including phenoxy) is 2. The van der Waals surface area contributed by atoms with Gasteiger partial charge in [-0.15, -0.1) is 0 Å². The fourth-order valence-corrected chi connectivity index (χ4v) is 7.16. The van der Waals surface area contributed by atoms with Gasteiger partial charge in [0.2, 0.25) is 0 Å². The Kier molecular flexibility index (Phi) is 35.7. The van der Waals surface area contributed by atoms with Crippen LogP contribution in [0.3, 0.4) is 0 Å². The quantitative estimate of drug-likeness (QED) is 0.0101. The maximum Gasteiger partial charge on any atom is 0.472 e. The fraction of sp³-hybridized carbons (Fsp3) is 0.569. The molecule has 1 aliphatic carbocycles. The van der Waals surface area contributed by atoms with E-state index < -0.39 is 87.9 Å². The number of rotatable bonds is 36. The van der Waals surface area contributed by atoms with Crippen LogP contribution in [0.4, 0.5) is 0 Å². The highest BCUT2D eigenvalue weighted by Gasteiger charge is 2.51. The predicted octanol–water partition coefficient (Wildman–Crippen LogP) is 7.33. The summed E-state index contributed by atoms with van der Waals surface area (Å²) in [5.41, 5.74) is 0. The lowest BCUT2D eigenvalue weighted by Crippen LogP contribution is -2.64. The third-order valence-electron chi connectivity index (χ3n) is 9.98. The molecule has 1 fully saturated rings. The second-order valence-electron chi connectivity index (χ2n) is 15.9. The molecule has 3 unspecified atom stereocenters. The van der Waals surface area contributed by atoms with Gasteiger partial charge in [0.25, 0.3) is 0 Å². The monoisotopic (exact) mass is 963 g/mol. The second-order valence-corrected chi connectivity index (χ2v) is 17.3. The molecule has 10 atom stereocenters. The third-order valence-corrected chi connectivity index (χ3v) is 11.0.